The van der Waals surface area contributed by atoms with Crippen molar-refractivity contribution in [1.82, 2.24) is 10.3 Å². The van der Waals surface area contributed by atoms with Crippen LogP contribution in [0.15, 0.2) is 40.9 Å². The Bertz CT molecular complexity index is 649. The van der Waals surface area contributed by atoms with E-state index in [1.807, 2.05) is 19.1 Å². The zero-order valence-corrected chi connectivity index (χ0v) is 15.4. The highest BCUT2D eigenvalue weighted by Crippen LogP contribution is 2.25. The molecule has 0 bridgehead atoms. The van der Waals surface area contributed by atoms with Crippen LogP contribution >= 0.6 is 39.7 Å². The fraction of sp³-hybridized carbons (Fsp3) is 0.250. The molecule has 1 heterocycles. The van der Waals surface area contributed by atoms with E-state index in [1.54, 1.807) is 0 Å². The molecule has 0 aliphatic rings. The summed E-state index contributed by atoms with van der Waals surface area (Å²) in [5, 5.41) is 7.27. The van der Waals surface area contributed by atoms with Gasteiger partial charge in [-0.2, -0.15) is 0 Å². The van der Waals surface area contributed by atoms with Crippen molar-refractivity contribution < 1.29 is 0 Å². The molecule has 0 spiro atoms. The molecule has 6 heteroatoms. The van der Waals surface area contributed by atoms with E-state index in [0.717, 1.165) is 29.6 Å². The number of hydrogen-bond acceptors (Lipinski definition) is 2. The minimum Gasteiger partial charge on any atom is -0.362 e. The zero-order valence-electron chi connectivity index (χ0n) is 12.2. The third-order valence-electron chi connectivity index (χ3n) is 3.11. The Morgan fingerprint density at radius 2 is 2.05 bits per heavy atom. The summed E-state index contributed by atoms with van der Waals surface area (Å²) in [5.74, 6) is 0.572. The molecule has 0 unspecified atom stereocenters. The Morgan fingerprint density at radius 3 is 2.77 bits per heavy atom. The second-order valence-corrected chi connectivity index (χ2v) is 6.53. The van der Waals surface area contributed by atoms with Gasteiger partial charge in [-0.15, -0.1) is 0 Å². The quantitative estimate of drug-likeness (QED) is 0.564. The molecule has 3 nitrogen and oxygen atoms in total. The van der Waals surface area contributed by atoms with Gasteiger partial charge in [-0.25, -0.2) is 4.98 Å². The van der Waals surface area contributed by atoms with E-state index in [9.17, 15) is 0 Å². The second kappa shape index (κ2) is 8.46. The highest BCUT2D eigenvalue weighted by Gasteiger charge is 2.07. The molecular weight excluding hydrogens is 382 g/mol. The fourth-order valence-electron chi connectivity index (χ4n) is 1.94. The van der Waals surface area contributed by atoms with Crippen molar-refractivity contribution in [2.24, 2.45) is 0 Å². The summed E-state index contributed by atoms with van der Waals surface area (Å²) < 4.78 is 0.879. The monoisotopic (exact) mass is 397 g/mol. The lowest BCUT2D eigenvalue weighted by atomic mass is 10.1. The van der Waals surface area contributed by atoms with Gasteiger partial charge in [0.05, 0.1) is 10.7 Å². The van der Waals surface area contributed by atoms with E-state index in [4.69, 9.17) is 23.8 Å². The predicted octanol–water partition coefficient (Wildman–Crippen LogP) is 4.73. The van der Waals surface area contributed by atoms with Crippen LogP contribution in [-0.2, 0) is 6.42 Å². The number of nitrogens with one attached hydrogen (secondary N) is 2. The summed E-state index contributed by atoms with van der Waals surface area (Å²) in [4.78, 5) is 4.37. The maximum absolute atomic E-state index is 6.14. The largest absolute Gasteiger partial charge is 0.362 e. The van der Waals surface area contributed by atoms with Gasteiger partial charge >= 0.3 is 0 Å². The van der Waals surface area contributed by atoms with Crippen molar-refractivity contribution in [3.63, 3.8) is 0 Å². The van der Waals surface area contributed by atoms with Crippen molar-refractivity contribution in [1.29, 1.82) is 0 Å². The first kappa shape index (κ1) is 17.2. The van der Waals surface area contributed by atoms with Crippen molar-refractivity contribution >= 4 is 50.7 Å². The topological polar surface area (TPSA) is 37.0 Å². The van der Waals surface area contributed by atoms with Crippen LogP contribution in [0.1, 0.15) is 17.7 Å². The second-order valence-electron chi connectivity index (χ2n) is 4.86. The van der Waals surface area contributed by atoms with E-state index in [0.29, 0.717) is 16.0 Å². The number of pyridine rings is 1. The molecule has 0 atom stereocenters. The van der Waals surface area contributed by atoms with E-state index in [-0.39, 0.29) is 0 Å². The lowest BCUT2D eigenvalue weighted by molar-refractivity contribution is 0.777. The number of anilines is 1. The standard InChI is InChI=1S/C16H17BrClN3S/c1-11-13(17)10-14(18)15(20-11)21-16(22)19-9-5-8-12-6-3-2-4-7-12/h2-4,6-7,10H,5,8-9H2,1H3,(H2,19,20,21,22). The Labute approximate surface area is 149 Å². The van der Waals surface area contributed by atoms with Crippen molar-refractivity contribution in [2.45, 2.75) is 19.8 Å². The number of benzene rings is 1. The molecule has 1 aromatic heterocycles. The highest BCUT2D eigenvalue weighted by molar-refractivity contribution is 9.10. The summed E-state index contributed by atoms with van der Waals surface area (Å²) in [6, 6.07) is 12.2. The molecular formula is C16H17BrClN3S. The predicted molar refractivity (Wildman–Crippen MR) is 101 cm³/mol. The van der Waals surface area contributed by atoms with Gasteiger partial charge in [0.25, 0.3) is 0 Å². The van der Waals surface area contributed by atoms with Gasteiger partial charge < -0.3 is 10.6 Å². The lowest BCUT2D eigenvalue weighted by Crippen LogP contribution is -2.30. The maximum Gasteiger partial charge on any atom is 0.171 e. The third-order valence-corrected chi connectivity index (χ3v) is 4.44. The summed E-state index contributed by atoms with van der Waals surface area (Å²) in [6.07, 6.45) is 2.03. The van der Waals surface area contributed by atoms with Crippen LogP contribution in [-0.4, -0.2) is 16.6 Å². The Kier molecular flexibility index (Phi) is 6.61. The maximum atomic E-state index is 6.14. The molecule has 2 N–H and O–H groups in total. The minimum atomic E-state index is 0.532. The van der Waals surface area contributed by atoms with Gasteiger partial charge in [-0.1, -0.05) is 41.9 Å². The van der Waals surface area contributed by atoms with E-state index in [2.05, 4.69) is 55.8 Å². The molecule has 0 saturated heterocycles. The molecule has 22 heavy (non-hydrogen) atoms. The van der Waals surface area contributed by atoms with Gasteiger partial charge in [0.2, 0.25) is 0 Å². The van der Waals surface area contributed by atoms with Gasteiger partial charge in [-0.05, 0) is 59.5 Å². The van der Waals surface area contributed by atoms with Crippen LogP contribution in [0.2, 0.25) is 5.02 Å². The molecule has 116 valence electrons. The van der Waals surface area contributed by atoms with Gasteiger partial charge in [0.1, 0.15) is 0 Å². The van der Waals surface area contributed by atoms with Crippen LogP contribution < -0.4 is 10.6 Å². The van der Waals surface area contributed by atoms with E-state index in [1.165, 1.54) is 5.56 Å². The number of hydrogen-bond donors (Lipinski definition) is 2. The number of aryl methyl sites for hydroxylation is 2. The fourth-order valence-corrected chi connectivity index (χ4v) is 2.78. The number of thiocarbonyl (C=S) groups is 1. The third kappa shape index (κ3) is 5.23. The number of nitrogens with zero attached hydrogens (tertiary/aromatic N) is 1. The first-order chi connectivity index (χ1) is 10.6. The minimum absolute atomic E-state index is 0.532. The summed E-state index contributed by atoms with van der Waals surface area (Å²) in [5.41, 5.74) is 2.19. The van der Waals surface area contributed by atoms with Crippen LogP contribution in [0.3, 0.4) is 0 Å². The summed E-state index contributed by atoms with van der Waals surface area (Å²) in [6.45, 7) is 2.70. The van der Waals surface area contributed by atoms with Gasteiger partial charge in [-0.3, -0.25) is 0 Å². The molecule has 0 amide bonds. The SMILES string of the molecule is Cc1nc(NC(=S)NCCCc2ccccc2)c(Cl)cc1Br. The average Bonchev–Trinajstić information content (AvgIpc) is 2.50. The molecule has 0 radical (unpaired) electrons. The molecule has 1 aromatic carbocycles. The number of rotatable bonds is 5. The van der Waals surface area contributed by atoms with Crippen LogP contribution in [0.5, 0.6) is 0 Å². The Balaban J connectivity index is 1.77. The Morgan fingerprint density at radius 1 is 1.32 bits per heavy atom. The van der Waals surface area contributed by atoms with Gasteiger partial charge in [0, 0.05) is 11.0 Å². The van der Waals surface area contributed by atoms with E-state index >= 15 is 0 Å². The average molecular weight is 399 g/mol. The smallest absolute Gasteiger partial charge is 0.171 e. The van der Waals surface area contributed by atoms with Crippen molar-refractivity contribution in [2.75, 3.05) is 11.9 Å². The van der Waals surface area contributed by atoms with Crippen LogP contribution in [0.4, 0.5) is 5.82 Å². The molecule has 2 rings (SSSR count). The first-order valence-corrected chi connectivity index (χ1v) is 8.55. The summed E-state index contributed by atoms with van der Waals surface area (Å²) >= 11 is 14.8. The number of aromatic nitrogens is 1. The normalized spacial score (nSPS) is 10.3. The van der Waals surface area contributed by atoms with Crippen LogP contribution in [0, 0.1) is 6.92 Å². The van der Waals surface area contributed by atoms with Crippen LogP contribution in [0.25, 0.3) is 0 Å². The van der Waals surface area contributed by atoms with Crippen molar-refractivity contribution in [3.8, 4) is 0 Å². The Hall–Kier alpha value is -1.17. The highest BCUT2D eigenvalue weighted by atomic mass is 79.9. The van der Waals surface area contributed by atoms with Gasteiger partial charge in [0.15, 0.2) is 10.9 Å². The lowest BCUT2D eigenvalue weighted by Gasteiger charge is -2.12. The summed E-state index contributed by atoms with van der Waals surface area (Å²) in [7, 11) is 0. The molecule has 0 fully saturated rings. The molecule has 0 saturated carbocycles. The molecule has 0 aliphatic carbocycles. The number of halogens is 2. The first-order valence-electron chi connectivity index (χ1n) is 6.97. The molecule has 0 aliphatic heterocycles. The molecule has 2 aromatic rings. The van der Waals surface area contributed by atoms with E-state index < -0.39 is 0 Å². The zero-order chi connectivity index (χ0) is 15.9. The van der Waals surface area contributed by atoms with Crippen molar-refractivity contribution in [3.05, 3.63) is 57.2 Å².